The van der Waals surface area contributed by atoms with Gasteiger partial charge in [0.2, 0.25) is 10.0 Å². The zero-order chi connectivity index (χ0) is 16.4. The first-order chi connectivity index (χ1) is 11.0. The predicted octanol–water partition coefficient (Wildman–Crippen LogP) is 2.63. The smallest absolute Gasteiger partial charge is 0.243 e. The summed E-state index contributed by atoms with van der Waals surface area (Å²) in [5, 5.41) is 3.23. The summed E-state index contributed by atoms with van der Waals surface area (Å²) in [6, 6.07) is 6.52. The van der Waals surface area contributed by atoms with Crippen LogP contribution in [-0.2, 0) is 10.0 Å². The van der Waals surface area contributed by atoms with Gasteiger partial charge in [-0.05, 0) is 29.8 Å². The molecule has 1 N–H and O–H groups in total. The number of nitrogens with one attached hydrogen (secondary N) is 1. The largest absolute Gasteiger partial charge is 0.313 e. The highest BCUT2D eigenvalue weighted by Crippen LogP contribution is 2.29. The lowest BCUT2D eigenvalue weighted by Gasteiger charge is -2.35. The summed E-state index contributed by atoms with van der Waals surface area (Å²) >= 11 is 5.80. The van der Waals surface area contributed by atoms with E-state index in [0.717, 1.165) is 17.7 Å². The molecule has 0 amide bonds. The molecule has 0 spiro atoms. The topological polar surface area (TPSA) is 62.3 Å². The van der Waals surface area contributed by atoms with Gasteiger partial charge in [0.15, 0.2) is 0 Å². The number of rotatable bonds is 3. The number of hydrogen-bond acceptors (Lipinski definition) is 4. The van der Waals surface area contributed by atoms with Crippen LogP contribution in [0.4, 0.5) is 4.39 Å². The average molecular weight is 392 g/mol. The molecule has 1 saturated heterocycles. The molecule has 0 aliphatic carbocycles. The van der Waals surface area contributed by atoms with Crippen molar-refractivity contribution in [2.75, 3.05) is 19.6 Å². The molecular formula is C15H16Cl2FN3O2S. The summed E-state index contributed by atoms with van der Waals surface area (Å²) in [7, 11) is -3.86. The van der Waals surface area contributed by atoms with Gasteiger partial charge in [-0.25, -0.2) is 12.8 Å². The standard InChI is InChI=1S/C15H15ClFN3O2S.ClH/c16-12-6-13(17)8-14(7-12)23(21,22)20-5-4-19-10-15(20)11-2-1-3-18-9-11;/h1-3,6-9,15,19H,4-5,10H2;1H. The van der Waals surface area contributed by atoms with E-state index in [1.165, 1.54) is 10.4 Å². The van der Waals surface area contributed by atoms with Crippen molar-refractivity contribution in [3.63, 3.8) is 0 Å². The van der Waals surface area contributed by atoms with Gasteiger partial charge >= 0.3 is 0 Å². The molecule has 2 heterocycles. The van der Waals surface area contributed by atoms with E-state index in [9.17, 15) is 12.8 Å². The number of halogens is 3. The lowest BCUT2D eigenvalue weighted by molar-refractivity contribution is 0.271. The molecule has 0 saturated carbocycles. The van der Waals surface area contributed by atoms with Crippen molar-refractivity contribution in [2.45, 2.75) is 10.9 Å². The van der Waals surface area contributed by atoms with Crippen LogP contribution in [0.1, 0.15) is 11.6 Å². The van der Waals surface area contributed by atoms with E-state index >= 15 is 0 Å². The highest BCUT2D eigenvalue weighted by Gasteiger charge is 2.34. The van der Waals surface area contributed by atoms with Gasteiger partial charge in [0, 0.05) is 37.1 Å². The Balaban J connectivity index is 0.00000208. The number of sulfonamides is 1. The van der Waals surface area contributed by atoms with Crippen LogP contribution in [0, 0.1) is 5.82 Å². The zero-order valence-corrected chi connectivity index (χ0v) is 14.9. The maximum absolute atomic E-state index is 13.6. The van der Waals surface area contributed by atoms with E-state index in [2.05, 4.69) is 10.3 Å². The van der Waals surface area contributed by atoms with Gasteiger partial charge in [0.25, 0.3) is 0 Å². The molecule has 1 aliphatic rings. The monoisotopic (exact) mass is 391 g/mol. The Morgan fingerprint density at radius 2 is 2.12 bits per heavy atom. The second-order valence-electron chi connectivity index (χ2n) is 5.23. The predicted molar refractivity (Wildman–Crippen MR) is 92.4 cm³/mol. The molecule has 3 rings (SSSR count). The molecule has 1 aromatic carbocycles. The zero-order valence-electron chi connectivity index (χ0n) is 12.5. The minimum Gasteiger partial charge on any atom is -0.313 e. The third-order valence-corrected chi connectivity index (χ3v) is 5.81. The van der Waals surface area contributed by atoms with Gasteiger partial charge in [-0.2, -0.15) is 4.31 Å². The van der Waals surface area contributed by atoms with Crippen LogP contribution >= 0.6 is 24.0 Å². The molecule has 130 valence electrons. The molecule has 5 nitrogen and oxygen atoms in total. The Kier molecular flexibility index (Phi) is 6.17. The third kappa shape index (κ3) is 3.87. The Morgan fingerprint density at radius 1 is 1.33 bits per heavy atom. The van der Waals surface area contributed by atoms with E-state index in [0.29, 0.717) is 13.1 Å². The van der Waals surface area contributed by atoms with Gasteiger partial charge in [0.1, 0.15) is 5.82 Å². The third-order valence-electron chi connectivity index (χ3n) is 3.71. The van der Waals surface area contributed by atoms with Crippen LogP contribution in [0.15, 0.2) is 47.6 Å². The molecule has 1 atom stereocenters. The fourth-order valence-corrected chi connectivity index (χ4v) is 4.60. The fourth-order valence-electron chi connectivity index (χ4n) is 2.64. The van der Waals surface area contributed by atoms with Crippen LogP contribution < -0.4 is 5.32 Å². The van der Waals surface area contributed by atoms with Crippen molar-refractivity contribution in [3.05, 3.63) is 59.1 Å². The summed E-state index contributed by atoms with van der Waals surface area (Å²) in [6.45, 7) is 1.28. The highest BCUT2D eigenvalue weighted by atomic mass is 35.5. The first-order valence-electron chi connectivity index (χ1n) is 7.07. The van der Waals surface area contributed by atoms with Gasteiger partial charge in [0.05, 0.1) is 10.9 Å². The number of hydrogen-bond donors (Lipinski definition) is 1. The number of pyridine rings is 1. The second kappa shape index (κ2) is 7.76. The van der Waals surface area contributed by atoms with Crippen molar-refractivity contribution in [3.8, 4) is 0 Å². The van der Waals surface area contributed by atoms with Crippen molar-refractivity contribution in [1.82, 2.24) is 14.6 Å². The van der Waals surface area contributed by atoms with Crippen LogP contribution in [0.25, 0.3) is 0 Å². The maximum atomic E-state index is 13.6. The van der Waals surface area contributed by atoms with Gasteiger partial charge in [-0.1, -0.05) is 17.7 Å². The first-order valence-corrected chi connectivity index (χ1v) is 8.89. The number of nitrogens with zero attached hydrogens (tertiary/aromatic N) is 2. The van der Waals surface area contributed by atoms with Crippen molar-refractivity contribution < 1.29 is 12.8 Å². The van der Waals surface area contributed by atoms with Crippen molar-refractivity contribution in [2.24, 2.45) is 0 Å². The lowest BCUT2D eigenvalue weighted by Crippen LogP contribution is -2.48. The van der Waals surface area contributed by atoms with E-state index in [1.54, 1.807) is 18.5 Å². The second-order valence-corrected chi connectivity index (χ2v) is 7.55. The Hall–Kier alpha value is -1.25. The lowest BCUT2D eigenvalue weighted by atomic mass is 10.1. The molecule has 1 aromatic heterocycles. The molecule has 1 fully saturated rings. The molecule has 1 unspecified atom stereocenters. The number of benzene rings is 1. The van der Waals surface area contributed by atoms with E-state index < -0.39 is 21.9 Å². The van der Waals surface area contributed by atoms with Gasteiger partial charge in [-0.3, -0.25) is 4.98 Å². The Labute approximate surface area is 151 Å². The molecule has 9 heteroatoms. The number of aromatic nitrogens is 1. The van der Waals surface area contributed by atoms with Gasteiger partial charge in [-0.15, -0.1) is 12.4 Å². The summed E-state index contributed by atoms with van der Waals surface area (Å²) in [4.78, 5) is 3.91. The summed E-state index contributed by atoms with van der Waals surface area (Å²) in [5.74, 6) is -0.677. The van der Waals surface area contributed by atoms with Crippen LogP contribution in [0.5, 0.6) is 0 Å². The molecule has 2 aromatic rings. The van der Waals surface area contributed by atoms with Crippen LogP contribution in [-0.4, -0.2) is 37.3 Å². The molecular weight excluding hydrogens is 376 g/mol. The first kappa shape index (κ1) is 19.1. The summed E-state index contributed by atoms with van der Waals surface area (Å²) < 4.78 is 40.8. The van der Waals surface area contributed by atoms with Crippen LogP contribution in [0.2, 0.25) is 5.02 Å². The minimum absolute atomic E-state index is 0. The highest BCUT2D eigenvalue weighted by molar-refractivity contribution is 7.89. The maximum Gasteiger partial charge on any atom is 0.243 e. The van der Waals surface area contributed by atoms with Gasteiger partial charge < -0.3 is 5.32 Å². The quantitative estimate of drug-likeness (QED) is 0.873. The molecule has 0 bridgehead atoms. The van der Waals surface area contributed by atoms with E-state index in [4.69, 9.17) is 11.6 Å². The SMILES string of the molecule is Cl.O=S(=O)(c1cc(F)cc(Cl)c1)N1CCNCC1c1cccnc1. The van der Waals surface area contributed by atoms with E-state index in [-0.39, 0.29) is 28.9 Å². The number of piperazine rings is 1. The molecule has 24 heavy (non-hydrogen) atoms. The van der Waals surface area contributed by atoms with Crippen LogP contribution in [0.3, 0.4) is 0 Å². The normalized spacial score (nSPS) is 18.8. The Morgan fingerprint density at radius 3 is 2.79 bits per heavy atom. The van der Waals surface area contributed by atoms with Crippen molar-refractivity contribution >= 4 is 34.0 Å². The minimum atomic E-state index is -3.86. The summed E-state index contributed by atoms with van der Waals surface area (Å²) in [6.07, 6.45) is 3.27. The fraction of sp³-hybridized carbons (Fsp3) is 0.267. The summed E-state index contributed by atoms with van der Waals surface area (Å²) in [5.41, 5.74) is 0.783. The van der Waals surface area contributed by atoms with Crippen molar-refractivity contribution in [1.29, 1.82) is 0 Å². The molecule has 1 aliphatic heterocycles. The molecule has 0 radical (unpaired) electrons. The Bertz CT molecular complexity index is 785. The average Bonchev–Trinajstić information content (AvgIpc) is 2.55. The van der Waals surface area contributed by atoms with E-state index in [1.807, 2.05) is 6.07 Å².